The quantitative estimate of drug-likeness (QED) is 0.256. The van der Waals surface area contributed by atoms with E-state index < -0.39 is 15.1 Å². The van der Waals surface area contributed by atoms with Gasteiger partial charge in [0.15, 0.2) is 0 Å². The summed E-state index contributed by atoms with van der Waals surface area (Å²) in [7, 11) is 0. The van der Waals surface area contributed by atoms with E-state index in [0.717, 1.165) is 46.0 Å². The van der Waals surface area contributed by atoms with Gasteiger partial charge in [0.05, 0.1) is 0 Å². The molecule has 3 unspecified atom stereocenters. The molecular weight excluding hydrogens is 521 g/mol. The first kappa shape index (κ1) is 25.7. The van der Waals surface area contributed by atoms with Crippen molar-refractivity contribution in [2.45, 2.75) is 50.8 Å². The van der Waals surface area contributed by atoms with Crippen LogP contribution in [-0.4, -0.2) is 33.2 Å². The first-order valence-corrected chi connectivity index (χ1v) is 15.0. The van der Waals surface area contributed by atoms with Gasteiger partial charge in [0, 0.05) is 0 Å². The average molecular weight is 557 g/mol. The number of ketones is 1. The Kier molecular flexibility index (Phi) is 7.00. The molecule has 4 heteroatoms. The molecule has 0 radical (unpaired) electrons. The molecule has 5 rings (SSSR count). The Balaban J connectivity index is 1.73. The number of carbonyl (C=O) groups excluding carboxylic acids is 2. The standard InChI is InChI=1S/C33H35NO2Se/c1-4-5-15-22-34-30(36)33(37-26-20-13-8-14-21-26)23-31(2)27(24-16-9-6-10-17-24)28(32(33,3)29(31)35)25-18-11-7-12-19-25/h6-14,16-21H,4-5,15,22-23H2,1-3H3,(H,34,36). The van der Waals surface area contributed by atoms with Gasteiger partial charge in [-0.2, -0.15) is 0 Å². The number of Topliss-reactive ketones (excluding diaryl/α,β-unsaturated/α-hetero) is 1. The van der Waals surface area contributed by atoms with Crippen LogP contribution in [0.2, 0.25) is 4.31 Å². The maximum atomic E-state index is 14.7. The number of unbranched alkanes of at least 4 members (excludes halogenated alkanes) is 2. The Morgan fingerprint density at radius 3 is 1.92 bits per heavy atom. The second kappa shape index (κ2) is 10.1. The summed E-state index contributed by atoms with van der Waals surface area (Å²) in [5.41, 5.74) is 2.56. The van der Waals surface area contributed by atoms with Crippen molar-refractivity contribution in [1.82, 2.24) is 5.32 Å². The minimum absolute atomic E-state index is 0.0348. The molecule has 2 aliphatic rings. The Hall–Kier alpha value is -2.94. The third-order valence-electron chi connectivity index (χ3n) is 8.26. The third-order valence-corrected chi connectivity index (χ3v) is 11.6. The topological polar surface area (TPSA) is 46.2 Å². The molecule has 1 saturated carbocycles. The van der Waals surface area contributed by atoms with Gasteiger partial charge in [0.2, 0.25) is 0 Å². The predicted molar refractivity (Wildman–Crippen MR) is 153 cm³/mol. The second-order valence-electron chi connectivity index (χ2n) is 10.7. The predicted octanol–water partition coefficient (Wildman–Crippen LogP) is 6.09. The zero-order valence-corrected chi connectivity index (χ0v) is 23.6. The zero-order valence-electron chi connectivity index (χ0n) is 21.9. The van der Waals surface area contributed by atoms with E-state index in [0.29, 0.717) is 13.0 Å². The Bertz CT molecular complexity index is 1320. The normalized spacial score (nSPS) is 26.5. The maximum absolute atomic E-state index is 14.7. The molecule has 0 saturated heterocycles. The first-order valence-electron chi connectivity index (χ1n) is 13.3. The van der Waals surface area contributed by atoms with Gasteiger partial charge in [-0.15, -0.1) is 0 Å². The molecule has 3 aromatic carbocycles. The number of amides is 1. The van der Waals surface area contributed by atoms with Gasteiger partial charge >= 0.3 is 227 Å². The van der Waals surface area contributed by atoms with Crippen molar-refractivity contribution in [2.24, 2.45) is 10.8 Å². The summed E-state index contributed by atoms with van der Waals surface area (Å²) >= 11 is -0.243. The molecule has 3 atom stereocenters. The number of allylic oxidation sites excluding steroid dienone is 2. The van der Waals surface area contributed by atoms with Gasteiger partial charge in [0.1, 0.15) is 0 Å². The second-order valence-corrected chi connectivity index (χ2v) is 13.5. The summed E-state index contributed by atoms with van der Waals surface area (Å²) < 4.78 is 0.334. The van der Waals surface area contributed by atoms with E-state index in [-0.39, 0.29) is 26.6 Å². The molecule has 2 aliphatic carbocycles. The molecule has 1 fully saturated rings. The van der Waals surface area contributed by atoms with Crippen LogP contribution in [-0.2, 0) is 9.59 Å². The summed E-state index contributed by atoms with van der Waals surface area (Å²) in [5.74, 6) is 0.215. The number of nitrogens with one attached hydrogen (secondary N) is 1. The van der Waals surface area contributed by atoms with Crippen molar-refractivity contribution < 1.29 is 9.59 Å². The van der Waals surface area contributed by atoms with Crippen LogP contribution in [0.15, 0.2) is 91.0 Å². The van der Waals surface area contributed by atoms with Crippen LogP contribution in [0, 0.1) is 10.8 Å². The summed E-state index contributed by atoms with van der Waals surface area (Å²) in [4.78, 5) is 29.0. The molecule has 1 amide bonds. The molecule has 3 nitrogen and oxygen atoms in total. The van der Waals surface area contributed by atoms with Crippen molar-refractivity contribution in [2.75, 3.05) is 6.54 Å². The van der Waals surface area contributed by atoms with Crippen LogP contribution < -0.4 is 9.78 Å². The van der Waals surface area contributed by atoms with Gasteiger partial charge in [0.25, 0.3) is 0 Å². The van der Waals surface area contributed by atoms with E-state index >= 15 is 0 Å². The molecule has 0 heterocycles. The Morgan fingerprint density at radius 1 is 0.811 bits per heavy atom. The van der Waals surface area contributed by atoms with Gasteiger partial charge in [-0.25, -0.2) is 0 Å². The fraction of sp³-hybridized carbons (Fsp3) is 0.333. The van der Waals surface area contributed by atoms with E-state index in [2.05, 4.69) is 62.5 Å². The number of rotatable bonds is 9. The number of hydrogen-bond acceptors (Lipinski definition) is 2. The van der Waals surface area contributed by atoms with Crippen molar-refractivity contribution in [1.29, 1.82) is 0 Å². The van der Waals surface area contributed by atoms with Crippen LogP contribution in [0.5, 0.6) is 0 Å². The summed E-state index contributed by atoms with van der Waals surface area (Å²) in [6.45, 7) is 6.96. The van der Waals surface area contributed by atoms with Gasteiger partial charge < -0.3 is 0 Å². The molecule has 190 valence electrons. The summed E-state index contributed by atoms with van der Waals surface area (Å²) in [6, 6.07) is 30.9. The van der Waals surface area contributed by atoms with E-state index in [1.165, 1.54) is 0 Å². The number of benzene rings is 3. The van der Waals surface area contributed by atoms with E-state index in [4.69, 9.17) is 0 Å². The van der Waals surface area contributed by atoms with Crippen molar-refractivity contribution >= 4 is 42.3 Å². The molecule has 2 bridgehead atoms. The number of hydrogen-bond donors (Lipinski definition) is 1. The molecule has 3 aromatic rings. The molecular formula is C33H35NO2Se. The number of fused-ring (bicyclic) bond motifs is 2. The van der Waals surface area contributed by atoms with Crippen molar-refractivity contribution in [3.8, 4) is 0 Å². The van der Waals surface area contributed by atoms with E-state index in [1.54, 1.807) is 0 Å². The Morgan fingerprint density at radius 2 is 1.35 bits per heavy atom. The van der Waals surface area contributed by atoms with Crippen molar-refractivity contribution in [3.63, 3.8) is 0 Å². The molecule has 0 aromatic heterocycles. The average Bonchev–Trinajstić information content (AvgIpc) is 3.21. The Labute approximate surface area is 226 Å². The van der Waals surface area contributed by atoms with Gasteiger partial charge in [-0.1, -0.05) is 0 Å². The van der Waals surface area contributed by atoms with Crippen LogP contribution in [0.4, 0.5) is 0 Å². The first-order chi connectivity index (χ1) is 17.9. The van der Waals surface area contributed by atoms with Crippen LogP contribution >= 0.6 is 0 Å². The fourth-order valence-corrected chi connectivity index (χ4v) is 9.94. The molecule has 0 spiro atoms. The van der Waals surface area contributed by atoms with E-state index in [1.807, 2.05) is 54.6 Å². The fourth-order valence-electron chi connectivity index (χ4n) is 6.54. The van der Waals surface area contributed by atoms with Crippen LogP contribution in [0.1, 0.15) is 57.6 Å². The molecule has 1 N–H and O–H groups in total. The van der Waals surface area contributed by atoms with Gasteiger partial charge in [-0.3, -0.25) is 0 Å². The van der Waals surface area contributed by atoms with Crippen LogP contribution in [0.3, 0.4) is 0 Å². The SMILES string of the molecule is CCCCCNC(=O)C1([Se]c2ccccc2)CC2(C)C(=O)C1(C)C(c1ccccc1)=C2c1ccccc1. The molecule has 37 heavy (non-hydrogen) atoms. The van der Waals surface area contributed by atoms with Gasteiger partial charge in [-0.05, 0) is 0 Å². The molecule has 0 aliphatic heterocycles. The third kappa shape index (κ3) is 4.02. The van der Waals surface area contributed by atoms with Crippen LogP contribution in [0.25, 0.3) is 11.1 Å². The summed E-state index contributed by atoms with van der Waals surface area (Å²) in [5, 5.41) is 3.30. The van der Waals surface area contributed by atoms with E-state index in [9.17, 15) is 9.59 Å². The minimum atomic E-state index is -0.932. The summed E-state index contributed by atoms with van der Waals surface area (Å²) in [6.07, 6.45) is 3.67. The monoisotopic (exact) mass is 557 g/mol. The zero-order chi connectivity index (χ0) is 26.1. The number of carbonyl (C=O) groups is 2. The van der Waals surface area contributed by atoms with Crippen molar-refractivity contribution in [3.05, 3.63) is 102 Å².